The first kappa shape index (κ1) is 16.3. The maximum atomic E-state index is 12.1. The summed E-state index contributed by atoms with van der Waals surface area (Å²) in [5.74, 6) is 0.142. The molecule has 3 nitrogen and oxygen atoms in total. The Labute approximate surface area is 112 Å². The van der Waals surface area contributed by atoms with Crippen LogP contribution in [0.15, 0.2) is 0 Å². The lowest BCUT2D eigenvalue weighted by Gasteiger charge is -2.26. The fourth-order valence-electron chi connectivity index (χ4n) is 2.68. The van der Waals surface area contributed by atoms with Crippen LogP contribution >= 0.6 is 0 Å². The third-order valence-corrected chi connectivity index (χ3v) is 3.55. The number of halogens is 3. The first-order valence-electron chi connectivity index (χ1n) is 6.88. The molecule has 1 aliphatic rings. The molecule has 3 N–H and O–H groups in total. The molecule has 0 saturated heterocycles. The van der Waals surface area contributed by atoms with Gasteiger partial charge in [0.05, 0.1) is 6.42 Å². The van der Waals surface area contributed by atoms with Gasteiger partial charge in [-0.1, -0.05) is 12.8 Å². The van der Waals surface area contributed by atoms with Crippen LogP contribution in [0.3, 0.4) is 0 Å². The quantitative estimate of drug-likeness (QED) is 0.813. The zero-order valence-electron chi connectivity index (χ0n) is 11.3. The molecule has 0 aromatic carbocycles. The molecular weight excluding hydrogens is 257 g/mol. The van der Waals surface area contributed by atoms with Gasteiger partial charge in [0.1, 0.15) is 0 Å². The fourth-order valence-corrected chi connectivity index (χ4v) is 2.68. The van der Waals surface area contributed by atoms with Crippen molar-refractivity contribution >= 4 is 5.91 Å². The number of alkyl halides is 3. The Morgan fingerprint density at radius 3 is 2.68 bits per heavy atom. The van der Waals surface area contributed by atoms with Gasteiger partial charge < -0.3 is 11.1 Å². The zero-order valence-corrected chi connectivity index (χ0v) is 11.3. The van der Waals surface area contributed by atoms with Crippen molar-refractivity contribution in [2.24, 2.45) is 11.7 Å². The van der Waals surface area contributed by atoms with Crippen molar-refractivity contribution in [1.82, 2.24) is 5.32 Å². The standard InChI is InChI=1S/C13H23F3N2O/c1-9(8-13(14,15)16)18-12(19)6-5-10-3-2-4-11(17)7-10/h9-11H,2-8,17H2,1H3,(H,18,19). The molecule has 0 aromatic rings. The Balaban J connectivity index is 2.20. The SMILES string of the molecule is CC(CC(F)(F)F)NC(=O)CCC1CCCC(N)C1. The van der Waals surface area contributed by atoms with Crippen LogP contribution in [0.4, 0.5) is 13.2 Å². The van der Waals surface area contributed by atoms with Gasteiger partial charge in [-0.15, -0.1) is 0 Å². The summed E-state index contributed by atoms with van der Waals surface area (Å²) in [5, 5.41) is 2.40. The molecule has 0 spiro atoms. The molecule has 3 atom stereocenters. The molecule has 0 heterocycles. The average molecular weight is 280 g/mol. The lowest BCUT2D eigenvalue weighted by molar-refractivity contribution is -0.141. The second-order valence-electron chi connectivity index (χ2n) is 5.62. The molecule has 19 heavy (non-hydrogen) atoms. The van der Waals surface area contributed by atoms with E-state index in [-0.39, 0.29) is 11.9 Å². The van der Waals surface area contributed by atoms with Gasteiger partial charge in [0.2, 0.25) is 5.91 Å². The number of carbonyl (C=O) groups excluding carboxylic acids is 1. The van der Waals surface area contributed by atoms with E-state index in [1.807, 2.05) is 0 Å². The minimum atomic E-state index is -4.23. The lowest BCUT2D eigenvalue weighted by Crippen LogP contribution is -2.36. The van der Waals surface area contributed by atoms with Gasteiger partial charge in [-0.05, 0) is 32.1 Å². The van der Waals surface area contributed by atoms with Crippen LogP contribution in [0, 0.1) is 5.92 Å². The first-order chi connectivity index (χ1) is 8.76. The van der Waals surface area contributed by atoms with Crippen LogP contribution in [-0.2, 0) is 4.79 Å². The molecule has 3 unspecified atom stereocenters. The monoisotopic (exact) mass is 280 g/mol. The fraction of sp³-hybridized carbons (Fsp3) is 0.923. The van der Waals surface area contributed by atoms with Gasteiger partial charge >= 0.3 is 6.18 Å². The smallest absolute Gasteiger partial charge is 0.353 e. The van der Waals surface area contributed by atoms with Crippen molar-refractivity contribution in [1.29, 1.82) is 0 Å². The Hall–Kier alpha value is -0.780. The summed E-state index contributed by atoms with van der Waals surface area (Å²) < 4.78 is 36.3. The average Bonchev–Trinajstić information content (AvgIpc) is 2.23. The molecule has 0 bridgehead atoms. The van der Waals surface area contributed by atoms with Crippen molar-refractivity contribution in [3.05, 3.63) is 0 Å². The normalized spacial score (nSPS) is 25.9. The molecule has 0 aliphatic heterocycles. The van der Waals surface area contributed by atoms with Crippen LogP contribution in [0.1, 0.15) is 51.9 Å². The molecule has 1 fully saturated rings. The lowest BCUT2D eigenvalue weighted by atomic mass is 9.83. The number of rotatable bonds is 5. The highest BCUT2D eigenvalue weighted by Gasteiger charge is 2.30. The summed E-state index contributed by atoms with van der Waals surface area (Å²) in [6.07, 6.45) is -0.0958. The van der Waals surface area contributed by atoms with Crippen molar-refractivity contribution in [2.75, 3.05) is 0 Å². The molecule has 0 radical (unpaired) electrons. The van der Waals surface area contributed by atoms with Crippen LogP contribution in [0.5, 0.6) is 0 Å². The highest BCUT2D eigenvalue weighted by Crippen LogP contribution is 2.27. The third-order valence-electron chi connectivity index (χ3n) is 3.55. The molecular formula is C13H23F3N2O. The van der Waals surface area contributed by atoms with Crippen molar-refractivity contribution in [3.8, 4) is 0 Å². The Morgan fingerprint density at radius 2 is 2.11 bits per heavy atom. The van der Waals surface area contributed by atoms with E-state index in [1.165, 1.54) is 6.92 Å². The van der Waals surface area contributed by atoms with E-state index in [0.717, 1.165) is 32.1 Å². The molecule has 6 heteroatoms. The van der Waals surface area contributed by atoms with E-state index in [0.29, 0.717) is 12.3 Å². The number of nitrogens with one attached hydrogen (secondary N) is 1. The zero-order chi connectivity index (χ0) is 14.5. The second kappa shape index (κ2) is 7.12. The summed E-state index contributed by atoms with van der Waals surface area (Å²) in [4.78, 5) is 11.6. The largest absolute Gasteiger partial charge is 0.391 e. The molecule has 112 valence electrons. The van der Waals surface area contributed by atoms with E-state index in [4.69, 9.17) is 5.73 Å². The first-order valence-corrected chi connectivity index (χ1v) is 6.88. The minimum absolute atomic E-state index is 0.214. The molecule has 1 saturated carbocycles. The summed E-state index contributed by atoms with van der Waals surface area (Å²) in [6, 6.07) is -0.646. The van der Waals surface area contributed by atoms with Gasteiger partial charge in [0, 0.05) is 18.5 Å². The van der Waals surface area contributed by atoms with Crippen molar-refractivity contribution in [3.63, 3.8) is 0 Å². The van der Waals surface area contributed by atoms with E-state index >= 15 is 0 Å². The Bertz CT molecular complexity index is 294. The van der Waals surface area contributed by atoms with Crippen LogP contribution in [0.25, 0.3) is 0 Å². The highest BCUT2D eigenvalue weighted by atomic mass is 19.4. The minimum Gasteiger partial charge on any atom is -0.353 e. The third kappa shape index (κ3) is 7.40. The summed E-state index contributed by atoms with van der Waals surface area (Å²) >= 11 is 0. The van der Waals surface area contributed by atoms with E-state index in [2.05, 4.69) is 5.32 Å². The number of amides is 1. The molecule has 1 amide bonds. The Morgan fingerprint density at radius 1 is 1.42 bits per heavy atom. The molecule has 0 aromatic heterocycles. The van der Waals surface area contributed by atoms with Crippen LogP contribution in [-0.4, -0.2) is 24.2 Å². The molecule has 1 rings (SSSR count). The second-order valence-corrected chi connectivity index (χ2v) is 5.62. The van der Waals surface area contributed by atoms with E-state index < -0.39 is 18.6 Å². The van der Waals surface area contributed by atoms with Gasteiger partial charge in [0.25, 0.3) is 0 Å². The number of hydrogen-bond acceptors (Lipinski definition) is 2. The van der Waals surface area contributed by atoms with Crippen LogP contribution in [0.2, 0.25) is 0 Å². The van der Waals surface area contributed by atoms with Gasteiger partial charge in [0.15, 0.2) is 0 Å². The predicted octanol–water partition coefficient (Wildman–Crippen LogP) is 2.74. The predicted molar refractivity (Wildman–Crippen MR) is 67.4 cm³/mol. The van der Waals surface area contributed by atoms with Gasteiger partial charge in [-0.3, -0.25) is 4.79 Å². The van der Waals surface area contributed by atoms with Gasteiger partial charge in [-0.2, -0.15) is 13.2 Å². The Kier molecular flexibility index (Phi) is 6.10. The van der Waals surface area contributed by atoms with Gasteiger partial charge in [-0.25, -0.2) is 0 Å². The molecule has 1 aliphatic carbocycles. The number of hydrogen-bond donors (Lipinski definition) is 2. The van der Waals surface area contributed by atoms with Crippen molar-refractivity contribution in [2.45, 2.75) is 70.1 Å². The summed E-state index contributed by atoms with van der Waals surface area (Å²) in [5.41, 5.74) is 5.86. The van der Waals surface area contributed by atoms with E-state index in [1.54, 1.807) is 0 Å². The maximum absolute atomic E-state index is 12.1. The highest BCUT2D eigenvalue weighted by molar-refractivity contribution is 5.76. The topological polar surface area (TPSA) is 55.1 Å². The maximum Gasteiger partial charge on any atom is 0.391 e. The van der Waals surface area contributed by atoms with E-state index in [9.17, 15) is 18.0 Å². The summed E-state index contributed by atoms with van der Waals surface area (Å²) in [7, 11) is 0. The number of carbonyl (C=O) groups is 1. The van der Waals surface area contributed by atoms with Crippen molar-refractivity contribution < 1.29 is 18.0 Å². The number of nitrogens with two attached hydrogens (primary N) is 1. The summed E-state index contributed by atoms with van der Waals surface area (Å²) in [6.45, 7) is 1.38. The van der Waals surface area contributed by atoms with Crippen LogP contribution < -0.4 is 11.1 Å².